The number of aromatic nitrogens is 3. The molecule has 1 N–H and O–H groups in total. The van der Waals surface area contributed by atoms with E-state index >= 15 is 0 Å². The minimum Gasteiger partial charge on any atom is -0.384 e. The molecule has 0 aliphatic heterocycles. The van der Waals surface area contributed by atoms with Crippen molar-refractivity contribution < 1.29 is 0 Å². The van der Waals surface area contributed by atoms with Gasteiger partial charge in [-0.15, -0.1) is 10.2 Å². The van der Waals surface area contributed by atoms with E-state index in [0.717, 1.165) is 23.2 Å². The largest absolute Gasteiger partial charge is 0.384 e. The SMILES string of the molecule is C[C@H](CNc1cccc(Cn2cnnc2)c1)c1cccc(Br)c1. The van der Waals surface area contributed by atoms with Crippen LogP contribution in [0.1, 0.15) is 24.0 Å². The van der Waals surface area contributed by atoms with Crippen molar-refractivity contribution in [3.8, 4) is 0 Å². The summed E-state index contributed by atoms with van der Waals surface area (Å²) in [6.45, 7) is 3.91. The van der Waals surface area contributed by atoms with Crippen molar-refractivity contribution in [1.29, 1.82) is 0 Å². The van der Waals surface area contributed by atoms with Crippen LogP contribution in [0.5, 0.6) is 0 Å². The summed E-state index contributed by atoms with van der Waals surface area (Å²) < 4.78 is 3.08. The minimum atomic E-state index is 0.439. The van der Waals surface area contributed by atoms with Crippen LogP contribution < -0.4 is 5.32 Å². The maximum atomic E-state index is 3.83. The first-order valence-electron chi connectivity index (χ1n) is 7.61. The third-order valence-corrected chi connectivity index (χ3v) is 4.28. The maximum Gasteiger partial charge on any atom is 0.119 e. The lowest BCUT2D eigenvalue weighted by atomic mass is 10.0. The molecule has 0 saturated carbocycles. The van der Waals surface area contributed by atoms with Gasteiger partial charge < -0.3 is 9.88 Å². The Morgan fingerprint density at radius 1 is 1.09 bits per heavy atom. The number of hydrogen-bond donors (Lipinski definition) is 1. The summed E-state index contributed by atoms with van der Waals surface area (Å²) in [5.41, 5.74) is 3.69. The van der Waals surface area contributed by atoms with E-state index in [1.165, 1.54) is 11.1 Å². The van der Waals surface area contributed by atoms with Crippen LogP contribution in [0.25, 0.3) is 0 Å². The molecule has 0 spiro atoms. The Morgan fingerprint density at radius 2 is 1.87 bits per heavy atom. The molecule has 2 aromatic carbocycles. The quantitative estimate of drug-likeness (QED) is 0.702. The fourth-order valence-electron chi connectivity index (χ4n) is 2.50. The van der Waals surface area contributed by atoms with Crippen molar-refractivity contribution in [3.63, 3.8) is 0 Å². The van der Waals surface area contributed by atoms with Crippen LogP contribution in [0.3, 0.4) is 0 Å². The molecule has 1 heterocycles. The molecule has 4 nitrogen and oxygen atoms in total. The highest BCUT2D eigenvalue weighted by Crippen LogP contribution is 2.21. The summed E-state index contributed by atoms with van der Waals surface area (Å²) in [7, 11) is 0. The molecule has 5 heteroatoms. The first-order chi connectivity index (χ1) is 11.2. The number of hydrogen-bond acceptors (Lipinski definition) is 3. The van der Waals surface area contributed by atoms with Gasteiger partial charge in [-0.25, -0.2) is 0 Å². The maximum absolute atomic E-state index is 3.83. The van der Waals surface area contributed by atoms with Gasteiger partial charge in [0.25, 0.3) is 0 Å². The monoisotopic (exact) mass is 370 g/mol. The van der Waals surface area contributed by atoms with E-state index in [9.17, 15) is 0 Å². The third-order valence-electron chi connectivity index (χ3n) is 3.79. The smallest absolute Gasteiger partial charge is 0.119 e. The molecule has 3 aromatic rings. The molecule has 0 unspecified atom stereocenters. The molecule has 1 atom stereocenters. The molecule has 0 bridgehead atoms. The van der Waals surface area contributed by atoms with Crippen LogP contribution >= 0.6 is 15.9 Å². The van der Waals surface area contributed by atoms with Crippen LogP contribution in [-0.2, 0) is 6.54 Å². The summed E-state index contributed by atoms with van der Waals surface area (Å²) in [4.78, 5) is 0. The van der Waals surface area contributed by atoms with E-state index in [1.807, 2.05) is 4.57 Å². The van der Waals surface area contributed by atoms with Crippen LogP contribution in [-0.4, -0.2) is 21.3 Å². The van der Waals surface area contributed by atoms with Gasteiger partial charge in [0.15, 0.2) is 0 Å². The van der Waals surface area contributed by atoms with E-state index < -0.39 is 0 Å². The fraction of sp³-hybridized carbons (Fsp3) is 0.222. The molecule has 0 fully saturated rings. The Labute approximate surface area is 144 Å². The van der Waals surface area contributed by atoms with Gasteiger partial charge in [-0.05, 0) is 41.3 Å². The number of anilines is 1. The van der Waals surface area contributed by atoms with E-state index in [-0.39, 0.29) is 0 Å². The summed E-state index contributed by atoms with van der Waals surface area (Å²) in [6.07, 6.45) is 3.46. The molecule has 0 aliphatic carbocycles. The van der Waals surface area contributed by atoms with Gasteiger partial charge >= 0.3 is 0 Å². The van der Waals surface area contributed by atoms with Crippen LogP contribution in [0.15, 0.2) is 65.7 Å². The van der Waals surface area contributed by atoms with E-state index in [4.69, 9.17) is 0 Å². The molecule has 3 rings (SSSR count). The summed E-state index contributed by atoms with van der Waals surface area (Å²) in [5.74, 6) is 0.439. The number of nitrogens with zero attached hydrogens (tertiary/aromatic N) is 3. The van der Waals surface area contributed by atoms with E-state index in [1.54, 1.807) is 12.7 Å². The first-order valence-corrected chi connectivity index (χ1v) is 8.41. The lowest BCUT2D eigenvalue weighted by Gasteiger charge is -2.15. The van der Waals surface area contributed by atoms with Crippen LogP contribution in [0.4, 0.5) is 5.69 Å². The highest BCUT2D eigenvalue weighted by Gasteiger charge is 2.06. The van der Waals surface area contributed by atoms with Gasteiger partial charge in [-0.3, -0.25) is 0 Å². The fourth-order valence-corrected chi connectivity index (χ4v) is 2.91. The molecule has 0 radical (unpaired) electrons. The highest BCUT2D eigenvalue weighted by molar-refractivity contribution is 9.10. The van der Waals surface area contributed by atoms with E-state index in [2.05, 4.69) is 86.9 Å². The number of halogens is 1. The Hall–Kier alpha value is -2.14. The predicted molar refractivity (Wildman–Crippen MR) is 96.6 cm³/mol. The number of benzene rings is 2. The van der Waals surface area contributed by atoms with Crippen molar-refractivity contribution in [2.24, 2.45) is 0 Å². The Kier molecular flexibility index (Phi) is 5.08. The molecule has 0 amide bonds. The Balaban J connectivity index is 1.62. The first kappa shape index (κ1) is 15.7. The molecular weight excluding hydrogens is 352 g/mol. The van der Waals surface area contributed by atoms with Crippen molar-refractivity contribution in [3.05, 3.63) is 76.8 Å². The molecule has 0 saturated heterocycles. The number of rotatable bonds is 6. The van der Waals surface area contributed by atoms with Crippen molar-refractivity contribution in [2.45, 2.75) is 19.4 Å². The Bertz CT molecular complexity index is 755. The average molecular weight is 371 g/mol. The molecule has 1 aromatic heterocycles. The molecule has 0 aliphatic rings. The third kappa shape index (κ3) is 4.42. The van der Waals surface area contributed by atoms with Gasteiger partial charge in [-0.2, -0.15) is 0 Å². The van der Waals surface area contributed by atoms with Crippen LogP contribution in [0.2, 0.25) is 0 Å². The zero-order valence-corrected chi connectivity index (χ0v) is 14.6. The zero-order chi connectivity index (χ0) is 16.1. The van der Waals surface area contributed by atoms with Crippen LogP contribution in [0, 0.1) is 0 Å². The normalized spacial score (nSPS) is 12.1. The summed E-state index contributed by atoms with van der Waals surface area (Å²) in [6, 6.07) is 16.9. The lowest BCUT2D eigenvalue weighted by molar-refractivity contribution is 0.791. The molecule has 23 heavy (non-hydrogen) atoms. The second kappa shape index (κ2) is 7.42. The van der Waals surface area contributed by atoms with Crippen molar-refractivity contribution >= 4 is 21.6 Å². The predicted octanol–water partition coefficient (Wildman–Crippen LogP) is 4.30. The van der Waals surface area contributed by atoms with Crippen molar-refractivity contribution in [1.82, 2.24) is 14.8 Å². The highest BCUT2D eigenvalue weighted by atomic mass is 79.9. The Morgan fingerprint density at radius 3 is 2.65 bits per heavy atom. The zero-order valence-electron chi connectivity index (χ0n) is 13.0. The van der Waals surface area contributed by atoms with Gasteiger partial charge in [0.05, 0.1) is 6.54 Å². The standard InChI is InChI=1S/C18H19BrN4/c1-14(16-5-3-6-17(19)9-16)10-20-18-7-2-4-15(8-18)11-23-12-21-22-13-23/h2-9,12-14,20H,10-11H2,1H3/t14-/m1/s1. The summed E-state index contributed by atoms with van der Waals surface area (Å²) >= 11 is 3.53. The van der Waals surface area contributed by atoms with Gasteiger partial charge in [0.2, 0.25) is 0 Å². The second-order valence-electron chi connectivity index (χ2n) is 5.67. The topological polar surface area (TPSA) is 42.7 Å². The second-order valence-corrected chi connectivity index (χ2v) is 6.59. The molecular formula is C18H19BrN4. The lowest BCUT2D eigenvalue weighted by Crippen LogP contribution is -2.10. The van der Waals surface area contributed by atoms with Crippen molar-refractivity contribution in [2.75, 3.05) is 11.9 Å². The van der Waals surface area contributed by atoms with E-state index in [0.29, 0.717) is 5.92 Å². The minimum absolute atomic E-state index is 0.439. The van der Waals surface area contributed by atoms with Gasteiger partial charge in [-0.1, -0.05) is 47.1 Å². The van der Waals surface area contributed by atoms with Gasteiger partial charge in [0.1, 0.15) is 12.7 Å². The number of nitrogens with one attached hydrogen (secondary N) is 1. The summed E-state index contributed by atoms with van der Waals surface area (Å²) in [5, 5.41) is 11.2. The van der Waals surface area contributed by atoms with Gasteiger partial charge in [0, 0.05) is 16.7 Å². The molecule has 118 valence electrons. The average Bonchev–Trinajstić information content (AvgIpc) is 3.06.